The maximum atomic E-state index is 12.6. The van der Waals surface area contributed by atoms with Gasteiger partial charge in [-0.05, 0) is 61.5 Å². The van der Waals surface area contributed by atoms with Gasteiger partial charge in [-0.2, -0.15) is 0 Å². The molecule has 1 unspecified atom stereocenters. The molecule has 0 amide bonds. The molecule has 0 saturated carbocycles. The number of oxazole rings is 1. The molecule has 8 heteroatoms. The normalized spacial score (nSPS) is 13.4. The molecule has 1 atom stereocenters. The van der Waals surface area contributed by atoms with Crippen LogP contribution in [0.15, 0.2) is 40.8 Å². The van der Waals surface area contributed by atoms with E-state index in [0.29, 0.717) is 51.2 Å². The highest BCUT2D eigenvalue weighted by molar-refractivity contribution is 6.74. The zero-order valence-electron chi connectivity index (χ0n) is 19.3. The highest BCUT2D eigenvalue weighted by atomic mass is 35.5. The number of fused-ring (bicyclic) bond motifs is 1. The smallest absolute Gasteiger partial charge is 0.338 e. The van der Waals surface area contributed by atoms with Crippen LogP contribution in [0.5, 0.6) is 0 Å². The van der Waals surface area contributed by atoms with Gasteiger partial charge in [0.25, 0.3) is 0 Å². The lowest BCUT2D eigenvalue weighted by Gasteiger charge is -2.36. The van der Waals surface area contributed by atoms with E-state index in [-0.39, 0.29) is 11.1 Å². The monoisotopic (exact) mass is 493 g/mol. The Hall–Kier alpha value is -1.86. The summed E-state index contributed by atoms with van der Waals surface area (Å²) in [4.78, 5) is 17.1. The summed E-state index contributed by atoms with van der Waals surface area (Å²) < 4.78 is 17.6. The molecule has 0 saturated heterocycles. The lowest BCUT2D eigenvalue weighted by molar-refractivity contribution is 0.0293. The van der Waals surface area contributed by atoms with E-state index < -0.39 is 14.3 Å². The first-order chi connectivity index (χ1) is 14.9. The molecule has 0 aliphatic heterocycles. The quantitative estimate of drug-likeness (QED) is 0.248. The number of nitrogens with zero attached hydrogens (tertiary/aromatic N) is 1. The molecule has 0 N–H and O–H groups in total. The van der Waals surface area contributed by atoms with Gasteiger partial charge in [0.1, 0.15) is 11.6 Å². The van der Waals surface area contributed by atoms with E-state index in [0.717, 1.165) is 0 Å². The summed E-state index contributed by atoms with van der Waals surface area (Å²) in [7, 11) is -1.82. The van der Waals surface area contributed by atoms with Crippen molar-refractivity contribution in [3.8, 4) is 11.5 Å². The molecule has 0 spiro atoms. The van der Waals surface area contributed by atoms with Crippen LogP contribution in [0.2, 0.25) is 28.2 Å². The molecule has 3 aromatic rings. The first-order valence-electron chi connectivity index (χ1n) is 10.6. The van der Waals surface area contributed by atoms with Crippen LogP contribution >= 0.6 is 23.2 Å². The molecule has 0 fully saturated rings. The topological polar surface area (TPSA) is 61.6 Å². The molecule has 172 valence electrons. The maximum Gasteiger partial charge on any atom is 0.338 e. The van der Waals surface area contributed by atoms with Crippen molar-refractivity contribution < 1.29 is 18.4 Å². The van der Waals surface area contributed by atoms with Crippen molar-refractivity contribution in [3.05, 3.63) is 52.0 Å². The first-order valence-corrected chi connectivity index (χ1v) is 14.2. The van der Waals surface area contributed by atoms with E-state index in [1.807, 2.05) is 6.92 Å². The molecule has 0 aliphatic rings. The van der Waals surface area contributed by atoms with Gasteiger partial charge < -0.3 is 13.6 Å². The van der Waals surface area contributed by atoms with Gasteiger partial charge >= 0.3 is 5.97 Å². The third-order valence-corrected chi connectivity index (χ3v) is 10.8. The minimum absolute atomic E-state index is 0.147. The van der Waals surface area contributed by atoms with Crippen LogP contribution in [0.25, 0.3) is 22.6 Å². The fraction of sp³-hybridized carbons (Fsp3) is 0.417. The molecule has 3 rings (SSSR count). The summed E-state index contributed by atoms with van der Waals surface area (Å²) in [6, 6.07) is 10.1. The van der Waals surface area contributed by atoms with Crippen LogP contribution in [0.4, 0.5) is 0 Å². The predicted molar refractivity (Wildman–Crippen MR) is 132 cm³/mol. The summed E-state index contributed by atoms with van der Waals surface area (Å²) >= 11 is 12.2. The zero-order chi connectivity index (χ0) is 23.7. The van der Waals surface area contributed by atoms with E-state index >= 15 is 0 Å². The number of rotatable bonds is 7. The van der Waals surface area contributed by atoms with Crippen molar-refractivity contribution in [1.82, 2.24) is 4.98 Å². The van der Waals surface area contributed by atoms with Crippen molar-refractivity contribution in [2.75, 3.05) is 6.61 Å². The number of hydrogen-bond acceptors (Lipinski definition) is 5. The number of ether oxygens (including phenoxy) is 1. The second kappa shape index (κ2) is 9.55. The van der Waals surface area contributed by atoms with Gasteiger partial charge in [-0.1, -0.05) is 44.0 Å². The van der Waals surface area contributed by atoms with E-state index in [1.165, 1.54) is 0 Å². The lowest BCUT2D eigenvalue weighted by Crippen LogP contribution is -2.41. The predicted octanol–water partition coefficient (Wildman–Crippen LogP) is 7.76. The number of esters is 1. The van der Waals surface area contributed by atoms with Gasteiger partial charge in [-0.25, -0.2) is 9.78 Å². The molecule has 1 aromatic heterocycles. The van der Waals surface area contributed by atoms with Crippen LogP contribution in [0, 0.1) is 0 Å². The average molecular weight is 494 g/mol. The molecule has 1 heterocycles. The number of benzene rings is 2. The van der Waals surface area contributed by atoms with Crippen molar-refractivity contribution >= 4 is 48.6 Å². The van der Waals surface area contributed by atoms with Crippen molar-refractivity contribution in [2.45, 2.75) is 58.4 Å². The Morgan fingerprint density at radius 1 is 1.12 bits per heavy atom. The Balaban J connectivity index is 1.65. The van der Waals surface area contributed by atoms with Crippen LogP contribution < -0.4 is 0 Å². The standard InChI is InChI=1S/C24H29Cl2NO4Si/c1-15(9-10-29-32(5,6)24(2,3)4)30-23(28)16-7-8-20-21(13-16)31-22(27-20)17-11-18(25)14-19(26)12-17/h7-8,11-15H,9-10H2,1-6H3. The minimum Gasteiger partial charge on any atom is -0.459 e. The van der Waals surface area contributed by atoms with E-state index in [1.54, 1.807) is 36.4 Å². The van der Waals surface area contributed by atoms with Crippen LogP contribution in [0.3, 0.4) is 0 Å². The Morgan fingerprint density at radius 3 is 2.41 bits per heavy atom. The molecule has 2 aromatic carbocycles. The molecule has 0 radical (unpaired) electrons. The number of halogens is 2. The second-order valence-corrected chi connectivity index (χ2v) is 15.2. The number of carbonyl (C=O) groups excluding carboxylic acids is 1. The zero-order valence-corrected chi connectivity index (χ0v) is 21.8. The van der Waals surface area contributed by atoms with E-state index in [9.17, 15) is 4.79 Å². The molecular formula is C24H29Cl2NO4Si. The number of carbonyl (C=O) groups is 1. The Morgan fingerprint density at radius 2 is 1.78 bits per heavy atom. The fourth-order valence-electron chi connectivity index (χ4n) is 2.86. The summed E-state index contributed by atoms with van der Waals surface area (Å²) in [6.45, 7) is 13.5. The lowest BCUT2D eigenvalue weighted by atomic mass is 10.2. The highest BCUT2D eigenvalue weighted by Crippen LogP contribution is 2.36. The Bertz CT molecular complexity index is 1100. The number of aromatic nitrogens is 1. The molecule has 32 heavy (non-hydrogen) atoms. The van der Waals surface area contributed by atoms with E-state index in [4.69, 9.17) is 36.8 Å². The second-order valence-electron chi connectivity index (χ2n) is 9.47. The Labute approximate surface area is 200 Å². The molecular weight excluding hydrogens is 465 g/mol. The first kappa shape index (κ1) is 24.8. The summed E-state index contributed by atoms with van der Waals surface area (Å²) in [5.74, 6) is -0.0264. The van der Waals surface area contributed by atoms with Crippen LogP contribution in [-0.2, 0) is 9.16 Å². The summed E-state index contributed by atoms with van der Waals surface area (Å²) in [6.07, 6.45) is 0.379. The maximum absolute atomic E-state index is 12.6. The van der Waals surface area contributed by atoms with Gasteiger partial charge in [0, 0.05) is 28.6 Å². The largest absolute Gasteiger partial charge is 0.459 e. The van der Waals surface area contributed by atoms with E-state index in [2.05, 4.69) is 38.8 Å². The third kappa shape index (κ3) is 5.92. The fourth-order valence-corrected chi connectivity index (χ4v) is 4.45. The summed E-state index contributed by atoms with van der Waals surface area (Å²) in [5.41, 5.74) is 2.18. The highest BCUT2D eigenvalue weighted by Gasteiger charge is 2.37. The van der Waals surface area contributed by atoms with Gasteiger partial charge in [0.2, 0.25) is 5.89 Å². The third-order valence-electron chi connectivity index (χ3n) is 5.84. The van der Waals surface area contributed by atoms with Crippen LogP contribution in [0.1, 0.15) is 44.5 Å². The number of hydrogen-bond donors (Lipinski definition) is 0. The molecule has 5 nitrogen and oxygen atoms in total. The van der Waals surface area contributed by atoms with Crippen molar-refractivity contribution in [1.29, 1.82) is 0 Å². The van der Waals surface area contributed by atoms with Gasteiger partial charge in [0.05, 0.1) is 5.56 Å². The minimum atomic E-state index is -1.82. The van der Waals surface area contributed by atoms with Gasteiger partial charge in [-0.15, -0.1) is 0 Å². The summed E-state index contributed by atoms with van der Waals surface area (Å²) in [5, 5.41) is 1.13. The molecule has 0 aliphatic carbocycles. The van der Waals surface area contributed by atoms with Gasteiger partial charge in [-0.3, -0.25) is 0 Å². The SMILES string of the molecule is CC(CCO[Si](C)(C)C(C)(C)C)OC(=O)c1ccc2nc(-c3cc(Cl)cc(Cl)c3)oc2c1. The van der Waals surface area contributed by atoms with Crippen LogP contribution in [-0.4, -0.2) is 32.0 Å². The molecule has 0 bridgehead atoms. The Kier molecular flexibility index (Phi) is 7.40. The van der Waals surface area contributed by atoms with Crippen molar-refractivity contribution in [2.24, 2.45) is 0 Å². The van der Waals surface area contributed by atoms with Crippen molar-refractivity contribution in [3.63, 3.8) is 0 Å². The van der Waals surface area contributed by atoms with Gasteiger partial charge in [0.15, 0.2) is 13.9 Å². The average Bonchev–Trinajstić information content (AvgIpc) is 3.09.